The van der Waals surface area contributed by atoms with E-state index in [0.29, 0.717) is 12.1 Å². The molecule has 3 rings (SSSR count). The number of rotatable bonds is 6. The lowest BCUT2D eigenvalue weighted by atomic mass is 10.0. The van der Waals surface area contributed by atoms with Crippen LogP contribution in [0.3, 0.4) is 0 Å². The number of sulfonamides is 1. The van der Waals surface area contributed by atoms with Gasteiger partial charge in [-0.2, -0.15) is 13.2 Å². The van der Waals surface area contributed by atoms with Gasteiger partial charge in [0.2, 0.25) is 10.0 Å². The summed E-state index contributed by atoms with van der Waals surface area (Å²) < 4.78 is 64.3. The summed E-state index contributed by atoms with van der Waals surface area (Å²) in [6.45, 7) is 0.196. The number of aromatic nitrogens is 1. The van der Waals surface area contributed by atoms with Crippen molar-refractivity contribution in [2.75, 3.05) is 12.8 Å². The summed E-state index contributed by atoms with van der Waals surface area (Å²) in [4.78, 5) is 16.2. The minimum atomic E-state index is -4.62. The number of nitrogens with one attached hydrogen (secondary N) is 2. The highest BCUT2D eigenvalue weighted by molar-refractivity contribution is 7.88. The van der Waals surface area contributed by atoms with Gasteiger partial charge in [0.05, 0.1) is 6.26 Å². The van der Waals surface area contributed by atoms with E-state index >= 15 is 0 Å². The number of alkyl halides is 3. The first-order valence-electron chi connectivity index (χ1n) is 8.87. The Morgan fingerprint density at radius 2 is 1.93 bits per heavy atom. The molecule has 0 bridgehead atoms. The van der Waals surface area contributed by atoms with Crippen LogP contribution in [0.15, 0.2) is 12.1 Å². The van der Waals surface area contributed by atoms with Gasteiger partial charge in [-0.25, -0.2) is 18.1 Å². The van der Waals surface area contributed by atoms with Crippen molar-refractivity contribution in [1.29, 1.82) is 0 Å². The normalized spacial score (nSPS) is 23.4. The Bertz CT molecular complexity index is 822. The third-order valence-corrected chi connectivity index (χ3v) is 5.67. The Morgan fingerprint density at radius 3 is 2.52 bits per heavy atom. The number of hydrogen-bond acceptors (Lipinski definition) is 4. The highest BCUT2D eigenvalue weighted by Crippen LogP contribution is 2.40. The highest BCUT2D eigenvalue weighted by Gasteiger charge is 2.36. The summed E-state index contributed by atoms with van der Waals surface area (Å²) in [5.74, 6) is -0.686. The molecule has 2 aliphatic carbocycles. The van der Waals surface area contributed by atoms with Crippen LogP contribution in [-0.4, -0.2) is 38.2 Å². The fourth-order valence-electron chi connectivity index (χ4n) is 3.40. The average Bonchev–Trinajstić information content (AvgIpc) is 3.32. The maximum Gasteiger partial charge on any atom is 0.433 e. The van der Waals surface area contributed by atoms with Crippen LogP contribution in [0.1, 0.15) is 59.8 Å². The van der Waals surface area contributed by atoms with Crippen LogP contribution < -0.4 is 10.0 Å². The van der Waals surface area contributed by atoms with Crippen molar-refractivity contribution < 1.29 is 26.4 Å². The third-order valence-electron chi connectivity index (χ3n) is 4.98. The number of nitrogens with zero attached hydrogens (tertiary/aromatic N) is 1. The van der Waals surface area contributed by atoms with Gasteiger partial charge in [-0.05, 0) is 43.7 Å². The summed E-state index contributed by atoms with van der Waals surface area (Å²) in [7, 11) is -3.34. The molecule has 1 aromatic heterocycles. The van der Waals surface area contributed by atoms with Gasteiger partial charge in [0.15, 0.2) is 0 Å². The van der Waals surface area contributed by atoms with Crippen LogP contribution in [0.25, 0.3) is 0 Å². The first-order chi connectivity index (χ1) is 12.5. The van der Waals surface area contributed by atoms with Crippen LogP contribution in [0.2, 0.25) is 0 Å². The van der Waals surface area contributed by atoms with Crippen LogP contribution >= 0.6 is 0 Å². The van der Waals surface area contributed by atoms with E-state index < -0.39 is 27.8 Å². The van der Waals surface area contributed by atoms with Crippen molar-refractivity contribution in [2.45, 2.75) is 50.2 Å². The van der Waals surface area contributed by atoms with Gasteiger partial charge >= 0.3 is 6.18 Å². The average molecular weight is 405 g/mol. The van der Waals surface area contributed by atoms with Gasteiger partial charge < -0.3 is 5.32 Å². The number of carbonyl (C=O) groups excluding carboxylic acids is 1. The summed E-state index contributed by atoms with van der Waals surface area (Å²) in [6, 6.07) is 1.93. The Morgan fingerprint density at radius 1 is 1.22 bits per heavy atom. The summed E-state index contributed by atoms with van der Waals surface area (Å²) in [5, 5.41) is 2.78. The minimum Gasteiger partial charge on any atom is -0.349 e. The molecule has 6 nitrogen and oxygen atoms in total. The van der Waals surface area contributed by atoms with Gasteiger partial charge in [-0.15, -0.1) is 0 Å². The SMILES string of the molecule is CS(=O)(=O)NCC1CCCC1NC(=O)c1cc(C2CC2)nc(C(F)(F)F)c1. The predicted octanol–water partition coefficient (Wildman–Crippen LogP) is 2.43. The first kappa shape index (κ1) is 20.1. The number of amides is 1. The molecule has 2 fully saturated rings. The quantitative estimate of drug-likeness (QED) is 0.761. The molecule has 0 radical (unpaired) electrons. The Hall–Kier alpha value is -1.68. The maximum atomic E-state index is 13.1. The Kier molecular flexibility index (Phi) is 5.49. The summed E-state index contributed by atoms with van der Waals surface area (Å²) in [6.07, 6.45) is 0.215. The van der Waals surface area contributed by atoms with Crippen LogP contribution in [0.5, 0.6) is 0 Å². The van der Waals surface area contributed by atoms with Crippen molar-refractivity contribution in [1.82, 2.24) is 15.0 Å². The Labute approximate surface area is 156 Å². The topological polar surface area (TPSA) is 88.2 Å². The van der Waals surface area contributed by atoms with Gasteiger partial charge in [0, 0.05) is 29.8 Å². The molecule has 10 heteroatoms. The molecule has 0 spiro atoms. The minimum absolute atomic E-state index is 0.0166. The van der Waals surface area contributed by atoms with E-state index in [1.165, 1.54) is 6.07 Å². The summed E-state index contributed by atoms with van der Waals surface area (Å²) >= 11 is 0. The van der Waals surface area contributed by atoms with Gasteiger partial charge in [-0.3, -0.25) is 4.79 Å². The second-order valence-electron chi connectivity index (χ2n) is 7.33. The zero-order chi connectivity index (χ0) is 19.8. The van der Waals surface area contributed by atoms with E-state index in [2.05, 4.69) is 15.0 Å². The zero-order valence-electron chi connectivity index (χ0n) is 14.8. The molecule has 2 N–H and O–H groups in total. The fraction of sp³-hybridized carbons (Fsp3) is 0.647. The lowest BCUT2D eigenvalue weighted by molar-refractivity contribution is -0.141. The monoisotopic (exact) mass is 405 g/mol. The largest absolute Gasteiger partial charge is 0.433 e. The fourth-order valence-corrected chi connectivity index (χ4v) is 3.91. The van der Waals surface area contributed by atoms with Crippen molar-refractivity contribution in [3.63, 3.8) is 0 Å². The van der Waals surface area contributed by atoms with Gasteiger partial charge in [0.1, 0.15) is 5.69 Å². The maximum absolute atomic E-state index is 13.1. The molecule has 2 aliphatic rings. The van der Waals surface area contributed by atoms with Crippen molar-refractivity contribution in [2.24, 2.45) is 5.92 Å². The molecular weight excluding hydrogens is 383 g/mol. The number of carbonyl (C=O) groups is 1. The lowest BCUT2D eigenvalue weighted by Crippen LogP contribution is -2.42. The van der Waals surface area contributed by atoms with Crippen LogP contribution in [0, 0.1) is 5.92 Å². The van der Waals surface area contributed by atoms with Crippen LogP contribution in [0.4, 0.5) is 13.2 Å². The first-order valence-corrected chi connectivity index (χ1v) is 10.8. The molecule has 2 atom stereocenters. The smallest absolute Gasteiger partial charge is 0.349 e. The number of pyridine rings is 1. The van der Waals surface area contributed by atoms with Crippen molar-refractivity contribution in [3.8, 4) is 0 Å². The van der Waals surface area contributed by atoms with E-state index in [1.807, 2.05) is 0 Å². The van der Waals surface area contributed by atoms with Gasteiger partial charge in [0.25, 0.3) is 5.91 Å². The van der Waals surface area contributed by atoms with Crippen molar-refractivity contribution >= 4 is 15.9 Å². The third kappa shape index (κ3) is 5.41. The highest BCUT2D eigenvalue weighted by atomic mass is 32.2. The second kappa shape index (κ2) is 7.38. The Balaban J connectivity index is 1.74. The predicted molar refractivity (Wildman–Crippen MR) is 92.7 cm³/mol. The van der Waals surface area contributed by atoms with Gasteiger partial charge in [-0.1, -0.05) is 6.42 Å². The van der Waals surface area contributed by atoms with E-state index in [1.54, 1.807) is 0 Å². The zero-order valence-corrected chi connectivity index (χ0v) is 15.7. The molecule has 0 saturated heterocycles. The van der Waals surface area contributed by atoms with E-state index in [0.717, 1.165) is 38.0 Å². The lowest BCUT2D eigenvalue weighted by Gasteiger charge is -2.21. The molecular formula is C17H22F3N3O3S. The number of hydrogen-bond donors (Lipinski definition) is 2. The second-order valence-corrected chi connectivity index (χ2v) is 9.16. The standard InChI is InChI=1S/C17H22F3N3O3S/c1-27(25,26)21-9-11-3-2-4-13(11)23-16(24)12-7-14(10-5-6-10)22-15(8-12)17(18,19)20/h7-8,10-11,13,21H,2-6,9H2,1H3,(H,23,24). The molecule has 2 saturated carbocycles. The molecule has 1 aromatic rings. The van der Waals surface area contributed by atoms with E-state index in [4.69, 9.17) is 0 Å². The molecule has 1 heterocycles. The molecule has 2 unspecified atom stereocenters. The molecule has 1 amide bonds. The molecule has 0 aliphatic heterocycles. The number of halogens is 3. The summed E-state index contributed by atoms with van der Waals surface area (Å²) in [5.41, 5.74) is -0.809. The van der Waals surface area contributed by atoms with E-state index in [-0.39, 0.29) is 30.0 Å². The van der Waals surface area contributed by atoms with Crippen molar-refractivity contribution in [3.05, 3.63) is 29.1 Å². The molecule has 150 valence electrons. The van der Waals surface area contributed by atoms with Crippen LogP contribution in [-0.2, 0) is 16.2 Å². The molecule has 0 aromatic carbocycles. The molecule has 27 heavy (non-hydrogen) atoms. The van der Waals surface area contributed by atoms with E-state index in [9.17, 15) is 26.4 Å².